The second kappa shape index (κ2) is 5.19. The summed E-state index contributed by atoms with van der Waals surface area (Å²) < 4.78 is 1.63. The highest BCUT2D eigenvalue weighted by Gasteiger charge is 2.10. The minimum atomic E-state index is 0.0249. The third-order valence-corrected chi connectivity index (χ3v) is 2.30. The summed E-state index contributed by atoms with van der Waals surface area (Å²) in [6.45, 7) is 0.954. The highest BCUT2D eigenvalue weighted by atomic mass is 16.2. The topological polar surface area (TPSA) is 92.6 Å². The summed E-state index contributed by atoms with van der Waals surface area (Å²) in [5.41, 5.74) is 0. The van der Waals surface area contributed by atoms with Gasteiger partial charge in [-0.3, -0.25) is 14.6 Å². The number of hydrogen-bond donors (Lipinski definition) is 1. The molecule has 0 aliphatic carbocycles. The molecule has 90 valence electrons. The van der Waals surface area contributed by atoms with Crippen molar-refractivity contribution in [2.75, 3.05) is 7.05 Å². The van der Waals surface area contributed by atoms with Crippen molar-refractivity contribution in [2.24, 2.45) is 0 Å². The molecule has 1 N–H and O–H groups in total. The summed E-state index contributed by atoms with van der Waals surface area (Å²) in [6, 6.07) is 0. The monoisotopic (exact) mass is 235 g/mol. The Bertz CT molecular complexity index is 450. The third-order valence-electron chi connectivity index (χ3n) is 2.30. The average Bonchev–Trinajstić information content (AvgIpc) is 2.98. The molecule has 2 rings (SSSR count). The molecular formula is C9H13N7O. The number of aromatic amines is 1. The van der Waals surface area contributed by atoms with Crippen molar-refractivity contribution in [1.82, 2.24) is 34.8 Å². The van der Waals surface area contributed by atoms with E-state index < -0.39 is 0 Å². The first kappa shape index (κ1) is 11.2. The van der Waals surface area contributed by atoms with Crippen molar-refractivity contribution < 1.29 is 4.79 Å². The van der Waals surface area contributed by atoms with Gasteiger partial charge in [0.15, 0.2) is 0 Å². The molecule has 2 aromatic heterocycles. The predicted octanol–water partition coefficient (Wildman–Crippen LogP) is -0.555. The van der Waals surface area contributed by atoms with Crippen molar-refractivity contribution >= 4 is 5.91 Å². The van der Waals surface area contributed by atoms with E-state index in [1.165, 1.54) is 12.7 Å². The number of aryl methyl sites for hydroxylation is 1. The van der Waals surface area contributed by atoms with Gasteiger partial charge in [-0.1, -0.05) is 0 Å². The van der Waals surface area contributed by atoms with Crippen LogP contribution < -0.4 is 0 Å². The Morgan fingerprint density at radius 1 is 1.53 bits per heavy atom. The molecule has 0 bridgehead atoms. The van der Waals surface area contributed by atoms with Crippen LogP contribution in [0.2, 0.25) is 0 Å². The molecule has 0 spiro atoms. The van der Waals surface area contributed by atoms with Gasteiger partial charge < -0.3 is 4.90 Å². The smallest absolute Gasteiger partial charge is 0.224 e. The van der Waals surface area contributed by atoms with E-state index in [2.05, 4.69) is 25.3 Å². The van der Waals surface area contributed by atoms with Gasteiger partial charge in [-0.05, 0) is 0 Å². The highest BCUT2D eigenvalue weighted by molar-refractivity contribution is 5.75. The zero-order chi connectivity index (χ0) is 12.1. The maximum atomic E-state index is 11.8. The van der Waals surface area contributed by atoms with Gasteiger partial charge in [-0.15, -0.1) is 0 Å². The molecule has 2 aromatic rings. The molecule has 0 saturated carbocycles. The number of rotatable bonds is 5. The Balaban J connectivity index is 1.79. The van der Waals surface area contributed by atoms with Crippen LogP contribution in [-0.2, 0) is 17.9 Å². The van der Waals surface area contributed by atoms with E-state index in [0.717, 1.165) is 0 Å². The second-order valence-corrected chi connectivity index (χ2v) is 3.59. The van der Waals surface area contributed by atoms with Gasteiger partial charge >= 0.3 is 0 Å². The van der Waals surface area contributed by atoms with Gasteiger partial charge in [0.1, 0.15) is 24.8 Å². The number of nitrogens with zero attached hydrogens (tertiary/aromatic N) is 6. The molecule has 1 amide bonds. The van der Waals surface area contributed by atoms with E-state index in [4.69, 9.17) is 0 Å². The first-order valence-corrected chi connectivity index (χ1v) is 5.16. The van der Waals surface area contributed by atoms with E-state index in [1.54, 1.807) is 23.0 Å². The largest absolute Gasteiger partial charge is 0.338 e. The van der Waals surface area contributed by atoms with E-state index in [0.29, 0.717) is 25.3 Å². The van der Waals surface area contributed by atoms with Crippen LogP contribution in [0.25, 0.3) is 0 Å². The van der Waals surface area contributed by atoms with Crippen LogP contribution in [0.4, 0.5) is 0 Å². The van der Waals surface area contributed by atoms with Crippen molar-refractivity contribution in [2.45, 2.75) is 19.5 Å². The number of hydrogen-bond acceptors (Lipinski definition) is 5. The molecule has 0 saturated heterocycles. The Labute approximate surface area is 97.7 Å². The lowest BCUT2D eigenvalue weighted by Crippen LogP contribution is -2.27. The molecule has 17 heavy (non-hydrogen) atoms. The summed E-state index contributed by atoms with van der Waals surface area (Å²) in [5.74, 6) is 0.693. The standard InChI is InChI=1S/C9H13N7O/c1-15(4-8-11-6-12-14-8)9(17)2-3-16-7-10-5-13-16/h5-7H,2-4H2,1H3,(H,11,12,14). The maximum Gasteiger partial charge on any atom is 0.224 e. The summed E-state index contributed by atoms with van der Waals surface area (Å²) in [7, 11) is 1.73. The molecule has 0 aliphatic rings. The molecule has 0 aliphatic heterocycles. The van der Waals surface area contributed by atoms with Crippen LogP contribution in [0.3, 0.4) is 0 Å². The zero-order valence-corrected chi connectivity index (χ0v) is 9.44. The quantitative estimate of drug-likeness (QED) is 0.750. The normalized spacial score (nSPS) is 10.4. The molecular weight excluding hydrogens is 222 g/mol. The lowest BCUT2D eigenvalue weighted by atomic mass is 10.3. The van der Waals surface area contributed by atoms with Crippen LogP contribution in [0, 0.1) is 0 Å². The first-order chi connectivity index (χ1) is 8.25. The predicted molar refractivity (Wildman–Crippen MR) is 57.5 cm³/mol. The Morgan fingerprint density at radius 2 is 2.41 bits per heavy atom. The Hall–Kier alpha value is -2.25. The van der Waals surface area contributed by atoms with Crippen LogP contribution >= 0.6 is 0 Å². The molecule has 8 nitrogen and oxygen atoms in total. The fourth-order valence-corrected chi connectivity index (χ4v) is 1.37. The van der Waals surface area contributed by atoms with Gasteiger partial charge in [0, 0.05) is 13.5 Å². The molecule has 0 fully saturated rings. The lowest BCUT2D eigenvalue weighted by molar-refractivity contribution is -0.130. The number of carbonyl (C=O) groups is 1. The van der Waals surface area contributed by atoms with Gasteiger partial charge in [-0.25, -0.2) is 9.97 Å². The Morgan fingerprint density at radius 3 is 3.06 bits per heavy atom. The van der Waals surface area contributed by atoms with Crippen LogP contribution in [0.5, 0.6) is 0 Å². The van der Waals surface area contributed by atoms with E-state index in [1.807, 2.05) is 0 Å². The second-order valence-electron chi connectivity index (χ2n) is 3.59. The van der Waals surface area contributed by atoms with Crippen molar-refractivity contribution in [3.8, 4) is 0 Å². The lowest BCUT2D eigenvalue weighted by Gasteiger charge is -2.15. The zero-order valence-electron chi connectivity index (χ0n) is 9.44. The van der Waals surface area contributed by atoms with Gasteiger partial charge in [0.25, 0.3) is 0 Å². The third kappa shape index (κ3) is 3.10. The van der Waals surface area contributed by atoms with Crippen LogP contribution in [0.15, 0.2) is 19.0 Å². The van der Waals surface area contributed by atoms with E-state index in [9.17, 15) is 4.79 Å². The number of nitrogens with one attached hydrogen (secondary N) is 1. The molecule has 0 aromatic carbocycles. The fourth-order valence-electron chi connectivity index (χ4n) is 1.37. The summed E-state index contributed by atoms with van der Waals surface area (Å²) in [5, 5.41) is 10.4. The minimum Gasteiger partial charge on any atom is -0.338 e. The maximum absolute atomic E-state index is 11.8. The summed E-state index contributed by atoms with van der Waals surface area (Å²) in [6.07, 6.45) is 4.84. The van der Waals surface area contributed by atoms with Crippen molar-refractivity contribution in [1.29, 1.82) is 0 Å². The number of H-pyrrole nitrogens is 1. The molecule has 0 radical (unpaired) electrons. The first-order valence-electron chi connectivity index (χ1n) is 5.16. The number of carbonyl (C=O) groups excluding carboxylic acids is 1. The number of aromatic nitrogens is 6. The average molecular weight is 235 g/mol. The molecule has 2 heterocycles. The van der Waals surface area contributed by atoms with E-state index in [-0.39, 0.29) is 5.91 Å². The molecule has 0 unspecified atom stereocenters. The SMILES string of the molecule is CN(Cc1ncn[nH]1)C(=O)CCn1cncn1. The van der Waals surface area contributed by atoms with Gasteiger partial charge in [0.05, 0.1) is 13.1 Å². The van der Waals surface area contributed by atoms with Crippen LogP contribution in [0.1, 0.15) is 12.2 Å². The highest BCUT2D eigenvalue weighted by Crippen LogP contribution is 1.98. The van der Waals surface area contributed by atoms with Crippen LogP contribution in [-0.4, -0.2) is 47.8 Å². The number of amides is 1. The van der Waals surface area contributed by atoms with Crippen molar-refractivity contribution in [3.05, 3.63) is 24.8 Å². The summed E-state index contributed by atoms with van der Waals surface area (Å²) in [4.78, 5) is 21.1. The Kier molecular flexibility index (Phi) is 3.43. The van der Waals surface area contributed by atoms with Gasteiger partial charge in [0.2, 0.25) is 5.91 Å². The van der Waals surface area contributed by atoms with Crippen molar-refractivity contribution in [3.63, 3.8) is 0 Å². The molecule has 8 heteroatoms. The molecule has 0 atom stereocenters. The van der Waals surface area contributed by atoms with Gasteiger partial charge in [-0.2, -0.15) is 10.2 Å². The van der Waals surface area contributed by atoms with E-state index >= 15 is 0 Å². The summed E-state index contributed by atoms with van der Waals surface area (Å²) >= 11 is 0. The minimum absolute atomic E-state index is 0.0249. The fraction of sp³-hybridized carbons (Fsp3) is 0.444.